The van der Waals surface area contributed by atoms with Gasteiger partial charge in [-0.1, -0.05) is 11.6 Å². The molecule has 0 aliphatic carbocycles. The van der Waals surface area contributed by atoms with Crippen LogP contribution >= 0.6 is 22.9 Å². The van der Waals surface area contributed by atoms with E-state index in [-0.39, 0.29) is 12.2 Å². The van der Waals surface area contributed by atoms with E-state index in [0.717, 1.165) is 0 Å². The lowest BCUT2D eigenvalue weighted by Gasteiger charge is -2.01. The third kappa shape index (κ3) is 3.75. The zero-order valence-electron chi connectivity index (χ0n) is 10.5. The van der Waals surface area contributed by atoms with Crippen molar-refractivity contribution in [2.24, 2.45) is 12.0 Å². The van der Waals surface area contributed by atoms with Crippen LogP contribution in [0.15, 0.2) is 34.9 Å². The Hall–Kier alpha value is -1.99. The number of rotatable bonds is 3. The monoisotopic (exact) mass is 310 g/mol. The maximum Gasteiger partial charge on any atom is 0.270 e. The minimum atomic E-state index is -0.466. The molecule has 0 radical (unpaired) electrons. The third-order valence-corrected chi connectivity index (χ3v) is 3.42. The number of nitrogens with one attached hydrogen (secondary N) is 1. The predicted molar refractivity (Wildman–Crippen MR) is 75.4 cm³/mol. The Balaban J connectivity index is 1.97. The average molecular weight is 311 g/mol. The molecule has 0 saturated carbocycles. The Morgan fingerprint density at radius 2 is 2.35 bits per heavy atom. The van der Waals surface area contributed by atoms with Gasteiger partial charge in [-0.2, -0.15) is 4.99 Å². The van der Waals surface area contributed by atoms with Gasteiger partial charge in [-0.25, -0.2) is 0 Å². The lowest BCUT2D eigenvalue weighted by Crippen LogP contribution is -2.30. The van der Waals surface area contributed by atoms with Gasteiger partial charge in [0, 0.05) is 29.8 Å². The van der Waals surface area contributed by atoms with E-state index in [0.29, 0.717) is 9.82 Å². The van der Waals surface area contributed by atoms with Crippen LogP contribution in [0.25, 0.3) is 0 Å². The van der Waals surface area contributed by atoms with Crippen LogP contribution in [0.1, 0.15) is 10.5 Å². The van der Waals surface area contributed by atoms with Crippen LogP contribution in [0.4, 0.5) is 0 Å². The summed E-state index contributed by atoms with van der Waals surface area (Å²) in [5.74, 6) is -0.898. The van der Waals surface area contributed by atoms with E-state index in [4.69, 9.17) is 11.6 Å². The molecule has 0 aliphatic heterocycles. The van der Waals surface area contributed by atoms with E-state index < -0.39 is 11.8 Å². The highest BCUT2D eigenvalue weighted by molar-refractivity contribution is 7.07. The molecule has 0 spiro atoms. The summed E-state index contributed by atoms with van der Waals surface area (Å²) in [6.07, 6.45) is 3.22. The minimum Gasteiger partial charge on any atom is -0.342 e. The number of thiazole rings is 1. The van der Waals surface area contributed by atoms with E-state index >= 15 is 0 Å². The predicted octanol–water partition coefficient (Wildman–Crippen LogP) is 0.992. The van der Waals surface area contributed by atoms with Crippen LogP contribution in [0.5, 0.6) is 0 Å². The highest BCUT2D eigenvalue weighted by atomic mass is 35.5. The molecule has 0 atom stereocenters. The van der Waals surface area contributed by atoms with Crippen molar-refractivity contribution in [3.8, 4) is 0 Å². The van der Waals surface area contributed by atoms with Gasteiger partial charge in [0.1, 0.15) is 5.69 Å². The molecule has 2 heterocycles. The van der Waals surface area contributed by atoms with Crippen molar-refractivity contribution in [3.63, 3.8) is 0 Å². The van der Waals surface area contributed by atoms with Crippen LogP contribution < -0.4 is 10.1 Å². The first-order valence-electron chi connectivity index (χ1n) is 5.63. The summed E-state index contributed by atoms with van der Waals surface area (Å²) in [6, 6.07) is 2.99. The van der Waals surface area contributed by atoms with E-state index in [2.05, 4.69) is 15.3 Å². The van der Waals surface area contributed by atoms with Gasteiger partial charge in [-0.05, 0) is 12.1 Å². The van der Waals surface area contributed by atoms with Crippen molar-refractivity contribution in [3.05, 3.63) is 45.4 Å². The quantitative estimate of drug-likeness (QED) is 0.918. The molecule has 6 nitrogen and oxygen atoms in total. The molecule has 2 rings (SSSR count). The summed E-state index contributed by atoms with van der Waals surface area (Å²) in [6.45, 7) is -0.190. The Bertz CT molecular complexity index is 707. The molecule has 2 aromatic heterocycles. The summed E-state index contributed by atoms with van der Waals surface area (Å²) in [7, 11) is 1.79. The van der Waals surface area contributed by atoms with Crippen LogP contribution in [0.2, 0.25) is 5.02 Å². The molecule has 2 aromatic rings. The zero-order chi connectivity index (χ0) is 14.5. The first kappa shape index (κ1) is 14.4. The van der Waals surface area contributed by atoms with Gasteiger partial charge in [0.25, 0.3) is 11.8 Å². The number of carbonyl (C=O) groups excluding carboxylic acids is 2. The first-order valence-corrected chi connectivity index (χ1v) is 6.89. The Morgan fingerprint density at radius 1 is 1.55 bits per heavy atom. The largest absolute Gasteiger partial charge is 0.342 e. The van der Waals surface area contributed by atoms with Crippen LogP contribution in [-0.2, 0) is 11.8 Å². The van der Waals surface area contributed by atoms with Crippen LogP contribution in [-0.4, -0.2) is 27.9 Å². The van der Waals surface area contributed by atoms with Gasteiger partial charge in [0.05, 0.1) is 6.54 Å². The van der Waals surface area contributed by atoms with Gasteiger partial charge in [-0.15, -0.1) is 11.3 Å². The standard InChI is InChI=1S/C12H11ClN4O2S/c1-17-4-5-20-12(17)16-10(18)7-15-11(19)9-6-8(13)2-3-14-9/h2-6H,7H2,1H3,(H,15,19). The molecular formula is C12H11ClN4O2S. The second-order valence-corrected chi connectivity index (χ2v) is 5.15. The maximum absolute atomic E-state index is 11.7. The van der Waals surface area contributed by atoms with E-state index in [1.165, 1.54) is 23.6 Å². The number of hydrogen-bond donors (Lipinski definition) is 1. The summed E-state index contributed by atoms with van der Waals surface area (Å²) in [5, 5.41) is 4.68. The highest BCUT2D eigenvalue weighted by Crippen LogP contribution is 2.07. The van der Waals surface area contributed by atoms with Crippen molar-refractivity contribution in [2.45, 2.75) is 0 Å². The summed E-state index contributed by atoms with van der Waals surface area (Å²) in [4.78, 5) is 31.7. The molecule has 0 bridgehead atoms. The maximum atomic E-state index is 11.7. The van der Waals surface area contributed by atoms with Crippen molar-refractivity contribution in [2.75, 3.05) is 6.54 Å². The van der Waals surface area contributed by atoms with Gasteiger partial charge < -0.3 is 9.88 Å². The molecule has 1 N–H and O–H groups in total. The van der Waals surface area contributed by atoms with Gasteiger partial charge in [-0.3, -0.25) is 14.6 Å². The number of aromatic nitrogens is 2. The number of halogens is 1. The fraction of sp³-hybridized carbons (Fsp3) is 0.167. The van der Waals surface area contributed by atoms with Crippen molar-refractivity contribution < 1.29 is 9.59 Å². The molecule has 20 heavy (non-hydrogen) atoms. The fourth-order valence-electron chi connectivity index (χ4n) is 1.36. The number of nitrogens with zero attached hydrogens (tertiary/aromatic N) is 3. The molecule has 104 valence electrons. The lowest BCUT2D eigenvalue weighted by atomic mass is 10.3. The molecular weight excluding hydrogens is 300 g/mol. The van der Waals surface area contributed by atoms with Gasteiger partial charge in [0.15, 0.2) is 4.80 Å². The summed E-state index contributed by atoms with van der Waals surface area (Å²) >= 11 is 7.10. The van der Waals surface area contributed by atoms with Crippen molar-refractivity contribution >= 4 is 34.8 Å². The lowest BCUT2D eigenvalue weighted by molar-refractivity contribution is -0.117. The molecule has 0 aromatic carbocycles. The molecule has 0 saturated heterocycles. The van der Waals surface area contributed by atoms with E-state index in [1.807, 2.05) is 5.38 Å². The summed E-state index contributed by atoms with van der Waals surface area (Å²) < 4.78 is 1.73. The Kier molecular flexibility index (Phi) is 4.65. The third-order valence-electron chi connectivity index (χ3n) is 2.33. The van der Waals surface area contributed by atoms with Crippen LogP contribution in [0.3, 0.4) is 0 Å². The molecule has 2 amide bonds. The molecule has 8 heteroatoms. The number of carbonyl (C=O) groups is 2. The Labute approximate surface area is 123 Å². The second-order valence-electron chi connectivity index (χ2n) is 3.84. The summed E-state index contributed by atoms with van der Waals surface area (Å²) in [5.41, 5.74) is 0.159. The van der Waals surface area contributed by atoms with Gasteiger partial charge >= 0.3 is 0 Å². The topological polar surface area (TPSA) is 76.3 Å². The highest BCUT2D eigenvalue weighted by Gasteiger charge is 2.09. The van der Waals surface area contributed by atoms with Crippen LogP contribution in [0, 0.1) is 0 Å². The zero-order valence-corrected chi connectivity index (χ0v) is 12.1. The van der Waals surface area contributed by atoms with Crippen molar-refractivity contribution in [1.29, 1.82) is 0 Å². The second kappa shape index (κ2) is 6.44. The normalized spacial score (nSPS) is 11.4. The van der Waals surface area contributed by atoms with Crippen molar-refractivity contribution in [1.82, 2.24) is 14.9 Å². The van der Waals surface area contributed by atoms with E-state index in [9.17, 15) is 9.59 Å². The Morgan fingerprint density at radius 3 is 3.00 bits per heavy atom. The minimum absolute atomic E-state index is 0.159. The smallest absolute Gasteiger partial charge is 0.270 e. The number of pyridine rings is 1. The number of amides is 2. The molecule has 0 fully saturated rings. The SMILES string of the molecule is Cn1ccsc1=NC(=O)CNC(=O)c1cc(Cl)ccn1. The van der Waals surface area contributed by atoms with E-state index in [1.54, 1.807) is 23.9 Å². The number of aryl methyl sites for hydroxylation is 1. The van der Waals surface area contributed by atoms with Gasteiger partial charge in [0.2, 0.25) is 0 Å². The molecule has 0 aliphatic rings. The number of hydrogen-bond acceptors (Lipinski definition) is 4. The fourth-order valence-corrected chi connectivity index (χ4v) is 2.26. The average Bonchev–Trinajstić information content (AvgIpc) is 2.81. The first-order chi connectivity index (χ1) is 9.56. The molecule has 0 unspecified atom stereocenters.